The Morgan fingerprint density at radius 1 is 0.438 bits per heavy atom. The molecule has 0 N–H and O–H groups in total. The molecule has 16 heavy (non-hydrogen) atoms. The molecular formula is FeO12S3-3. The predicted octanol–water partition coefficient (Wildman–Crippen LogP) is -4.02. The first-order chi connectivity index (χ1) is 6.00. The van der Waals surface area contributed by atoms with Gasteiger partial charge >= 0.3 is 17.1 Å². The van der Waals surface area contributed by atoms with Crippen molar-refractivity contribution in [3.05, 3.63) is 0 Å². The summed E-state index contributed by atoms with van der Waals surface area (Å²) in [7, 11) is -15.5. The quantitative estimate of drug-likeness (QED) is 0.232. The van der Waals surface area contributed by atoms with Crippen molar-refractivity contribution in [3.63, 3.8) is 0 Å². The van der Waals surface area contributed by atoms with Crippen molar-refractivity contribution in [1.29, 1.82) is 0 Å². The van der Waals surface area contributed by atoms with Gasteiger partial charge in [0.1, 0.15) is 0 Å². The molecule has 0 aromatic rings. The van der Waals surface area contributed by atoms with Crippen molar-refractivity contribution in [1.82, 2.24) is 0 Å². The molecule has 0 aliphatic rings. The molecule has 0 saturated heterocycles. The van der Waals surface area contributed by atoms with Crippen LogP contribution in [0.15, 0.2) is 0 Å². The molecule has 0 bridgehead atoms. The molecule has 0 aliphatic carbocycles. The molecule has 0 saturated carbocycles. The van der Waals surface area contributed by atoms with E-state index < -0.39 is 31.2 Å². The van der Waals surface area contributed by atoms with Crippen molar-refractivity contribution >= 4 is 31.2 Å². The van der Waals surface area contributed by atoms with E-state index in [1.165, 1.54) is 0 Å². The van der Waals surface area contributed by atoms with Gasteiger partial charge in [0, 0.05) is 31.2 Å². The Labute approximate surface area is 101 Å². The zero-order chi connectivity index (χ0) is 13.5. The minimum Gasteiger partial charge on any atom is -0.759 e. The minimum absolute atomic E-state index is 0. The summed E-state index contributed by atoms with van der Waals surface area (Å²) in [5.74, 6) is 0. The van der Waals surface area contributed by atoms with Gasteiger partial charge in [0.25, 0.3) is 0 Å². The summed E-state index contributed by atoms with van der Waals surface area (Å²) in [5, 5.41) is 0. The molecular weight excluding hydrogens is 344 g/mol. The zero-order valence-corrected chi connectivity index (χ0v) is 10.0. The van der Waals surface area contributed by atoms with Crippen LogP contribution in [-0.4, -0.2) is 52.6 Å². The van der Waals surface area contributed by atoms with Crippen molar-refractivity contribution < 1.29 is 69.6 Å². The summed E-state index contributed by atoms with van der Waals surface area (Å²) in [6, 6.07) is 0. The van der Waals surface area contributed by atoms with Crippen molar-refractivity contribution in [2.24, 2.45) is 0 Å². The first kappa shape index (κ1) is 25.1. The number of hydrogen-bond donors (Lipinski definition) is 0. The summed E-state index contributed by atoms with van der Waals surface area (Å²) in [4.78, 5) is 0. The molecule has 0 amide bonds. The van der Waals surface area contributed by atoms with E-state index in [2.05, 4.69) is 0 Å². The molecule has 0 rings (SSSR count). The normalized spacial score (nSPS) is 10.9. The summed E-state index contributed by atoms with van der Waals surface area (Å²) < 4.78 is 102. The van der Waals surface area contributed by atoms with E-state index in [1.54, 1.807) is 0 Å². The van der Waals surface area contributed by atoms with Crippen molar-refractivity contribution in [2.45, 2.75) is 0 Å². The molecule has 0 aliphatic heterocycles. The van der Waals surface area contributed by atoms with Gasteiger partial charge < -0.3 is 27.3 Å². The van der Waals surface area contributed by atoms with Crippen LogP contribution in [0, 0.1) is 0 Å². The third-order valence-electron chi connectivity index (χ3n) is 0. The summed E-state index contributed by atoms with van der Waals surface area (Å²) >= 11 is 0. The van der Waals surface area contributed by atoms with E-state index in [4.69, 9.17) is 52.6 Å². The molecule has 0 unspecified atom stereocenters. The second-order valence-electron chi connectivity index (χ2n) is 1.22. The molecule has 101 valence electrons. The van der Waals surface area contributed by atoms with Crippen molar-refractivity contribution in [2.75, 3.05) is 0 Å². The SMILES string of the molecule is O=S(=O)([O-])[O-].O=S(=O)([O-])[O-].O=S(=O)([O-])[O-].[Fe+3]. The van der Waals surface area contributed by atoms with Crippen LogP contribution in [0.4, 0.5) is 0 Å². The third kappa shape index (κ3) is 145000. The van der Waals surface area contributed by atoms with Gasteiger partial charge in [-0.2, -0.15) is 0 Å². The van der Waals surface area contributed by atoms with Crippen LogP contribution in [0.3, 0.4) is 0 Å². The largest absolute Gasteiger partial charge is 3.00 e. The molecule has 0 aromatic heterocycles. The summed E-state index contributed by atoms with van der Waals surface area (Å²) in [6.07, 6.45) is 0. The monoisotopic (exact) mass is 344 g/mol. The Hall–Kier alpha value is 0.129. The van der Waals surface area contributed by atoms with Gasteiger partial charge in [-0.1, -0.05) is 0 Å². The first-order valence-electron chi connectivity index (χ1n) is 2.00. The Bertz CT molecular complexity index is 337. The van der Waals surface area contributed by atoms with E-state index >= 15 is 0 Å². The van der Waals surface area contributed by atoms with Gasteiger partial charge in [0.2, 0.25) is 0 Å². The molecule has 0 aromatic carbocycles. The third-order valence-corrected chi connectivity index (χ3v) is 0. The maximum absolute atomic E-state index is 8.52. The van der Waals surface area contributed by atoms with Gasteiger partial charge in [0.05, 0.1) is 0 Å². The molecule has 12 nitrogen and oxygen atoms in total. The maximum atomic E-state index is 8.52. The average molecular weight is 344 g/mol. The molecule has 16 heteroatoms. The van der Waals surface area contributed by atoms with Gasteiger partial charge in [-0.25, -0.2) is 0 Å². The van der Waals surface area contributed by atoms with E-state index in [9.17, 15) is 0 Å². The molecule has 0 heterocycles. The molecule has 0 spiro atoms. The maximum Gasteiger partial charge on any atom is 3.00 e. The fourth-order valence-corrected chi connectivity index (χ4v) is 0. The van der Waals surface area contributed by atoms with Crippen LogP contribution in [0.25, 0.3) is 0 Å². The fraction of sp³-hybridized carbons (Fsp3) is 0. The number of hydrogen-bond acceptors (Lipinski definition) is 12. The second kappa shape index (κ2) is 9.19. The number of rotatable bonds is 0. The standard InChI is InChI=1S/Fe.3H2O4S/c;3*1-5(2,3)4/h;3*(H2,1,2,3,4)/q+3;;;/p-6. The van der Waals surface area contributed by atoms with Crippen LogP contribution < -0.4 is 0 Å². The van der Waals surface area contributed by atoms with Crippen LogP contribution in [0.5, 0.6) is 0 Å². The second-order valence-corrected chi connectivity index (χ2v) is 3.67. The Morgan fingerprint density at radius 2 is 0.438 bits per heavy atom. The van der Waals surface area contributed by atoms with Gasteiger partial charge in [-0.05, 0) is 0 Å². The smallest absolute Gasteiger partial charge is 0.759 e. The molecule has 0 fully saturated rings. The average Bonchev–Trinajstić information content (AvgIpc) is 1.41. The zero-order valence-electron chi connectivity index (χ0n) is 6.48. The first-order valence-corrected chi connectivity index (χ1v) is 6.00. The van der Waals surface area contributed by atoms with Crippen LogP contribution in [0.1, 0.15) is 0 Å². The summed E-state index contributed by atoms with van der Waals surface area (Å²) in [5.41, 5.74) is 0. The van der Waals surface area contributed by atoms with Gasteiger partial charge in [-0.3, -0.25) is 25.3 Å². The van der Waals surface area contributed by atoms with E-state index in [1.807, 2.05) is 0 Å². The van der Waals surface area contributed by atoms with Gasteiger partial charge in [-0.15, -0.1) is 0 Å². The van der Waals surface area contributed by atoms with E-state index in [-0.39, 0.29) is 17.1 Å². The molecule has 1 radical (unpaired) electrons. The topological polar surface area (TPSA) is 241 Å². The Kier molecular flexibility index (Phi) is 14.4. The minimum atomic E-state index is -5.17. The van der Waals surface area contributed by atoms with Crippen LogP contribution in [0.2, 0.25) is 0 Å². The van der Waals surface area contributed by atoms with Crippen LogP contribution >= 0.6 is 0 Å². The Balaban J connectivity index is -0.0000000655. The van der Waals surface area contributed by atoms with Crippen LogP contribution in [-0.2, 0) is 48.3 Å². The van der Waals surface area contributed by atoms with Gasteiger partial charge in [0.15, 0.2) is 0 Å². The predicted molar refractivity (Wildman–Crippen MR) is 31.4 cm³/mol. The summed E-state index contributed by atoms with van der Waals surface area (Å²) in [6.45, 7) is 0. The van der Waals surface area contributed by atoms with E-state index in [0.29, 0.717) is 0 Å². The Morgan fingerprint density at radius 3 is 0.438 bits per heavy atom. The van der Waals surface area contributed by atoms with E-state index in [0.717, 1.165) is 0 Å². The fourth-order valence-electron chi connectivity index (χ4n) is 0. The molecule has 0 atom stereocenters. The van der Waals surface area contributed by atoms with Crippen molar-refractivity contribution in [3.8, 4) is 0 Å².